The molecule has 2 rings (SSSR count). The van der Waals surface area contributed by atoms with Gasteiger partial charge in [-0.15, -0.1) is 0 Å². The highest BCUT2D eigenvalue weighted by Crippen LogP contribution is 2.24. The van der Waals surface area contributed by atoms with Crippen LogP contribution in [0.1, 0.15) is 20.8 Å². The molecule has 1 aromatic heterocycles. The van der Waals surface area contributed by atoms with E-state index in [9.17, 15) is 9.59 Å². The van der Waals surface area contributed by atoms with Crippen molar-refractivity contribution in [1.29, 1.82) is 0 Å². The minimum atomic E-state index is -0.459. The molecule has 1 heterocycles. The topological polar surface area (TPSA) is 62.3 Å². The van der Waals surface area contributed by atoms with Crippen LogP contribution < -0.4 is 5.32 Å². The number of benzene rings is 1. The lowest BCUT2D eigenvalue weighted by molar-refractivity contribution is 0.0827. The third-order valence-electron chi connectivity index (χ3n) is 2.82. The van der Waals surface area contributed by atoms with Crippen LogP contribution in [-0.2, 0) is 0 Å². The maximum Gasteiger partial charge on any atom is 0.274 e. The lowest BCUT2D eigenvalue weighted by atomic mass is 10.1. The van der Waals surface area contributed by atoms with Crippen molar-refractivity contribution in [3.8, 4) is 0 Å². The quantitative estimate of drug-likeness (QED) is 0.934. The van der Waals surface area contributed by atoms with Gasteiger partial charge in [0.1, 0.15) is 5.69 Å². The smallest absolute Gasteiger partial charge is 0.274 e. The van der Waals surface area contributed by atoms with Crippen LogP contribution in [-0.4, -0.2) is 35.8 Å². The zero-order valence-electron chi connectivity index (χ0n) is 11.9. The second-order valence-corrected chi connectivity index (χ2v) is 5.55. The van der Waals surface area contributed by atoms with Crippen LogP contribution in [0.2, 0.25) is 10.0 Å². The first-order valence-electron chi connectivity index (χ1n) is 6.32. The fraction of sp³-hybridized carbons (Fsp3) is 0.133. The summed E-state index contributed by atoms with van der Waals surface area (Å²) in [5.74, 6) is -0.646. The van der Waals surface area contributed by atoms with Gasteiger partial charge in [-0.3, -0.25) is 14.6 Å². The summed E-state index contributed by atoms with van der Waals surface area (Å²) in [7, 11) is 3.29. The van der Waals surface area contributed by atoms with Gasteiger partial charge < -0.3 is 10.2 Å². The van der Waals surface area contributed by atoms with Gasteiger partial charge in [-0.1, -0.05) is 23.2 Å². The van der Waals surface area contributed by atoms with Gasteiger partial charge in [0.2, 0.25) is 0 Å². The Kier molecular flexibility index (Phi) is 5.00. The monoisotopic (exact) mass is 337 g/mol. The summed E-state index contributed by atoms with van der Waals surface area (Å²) in [5.41, 5.74) is 0.915. The molecule has 0 bridgehead atoms. The number of hydrogen-bond donors (Lipinski definition) is 1. The molecule has 0 saturated heterocycles. The molecule has 2 amide bonds. The zero-order chi connectivity index (χ0) is 16.3. The number of nitrogens with zero attached hydrogens (tertiary/aromatic N) is 2. The van der Waals surface area contributed by atoms with E-state index in [-0.39, 0.29) is 11.6 Å². The first-order valence-corrected chi connectivity index (χ1v) is 7.08. The Morgan fingerprint density at radius 1 is 1.14 bits per heavy atom. The SMILES string of the molecule is CN(C)C(=O)c1ccc(Cl)c(NC(=O)c2cc(Cl)ccn2)c1. The van der Waals surface area contributed by atoms with Gasteiger partial charge in [0.25, 0.3) is 11.8 Å². The van der Waals surface area contributed by atoms with Crippen LogP contribution in [0.5, 0.6) is 0 Å². The number of pyridine rings is 1. The zero-order valence-corrected chi connectivity index (χ0v) is 13.4. The Balaban J connectivity index is 2.27. The standard InChI is InChI=1S/C15H13Cl2N3O2/c1-20(2)15(22)9-3-4-11(17)12(7-9)19-14(21)13-8-10(16)5-6-18-13/h3-8H,1-2H3,(H,19,21). The molecule has 0 unspecified atom stereocenters. The van der Waals surface area contributed by atoms with E-state index in [0.29, 0.717) is 21.3 Å². The fourth-order valence-corrected chi connectivity index (χ4v) is 2.05. The minimum absolute atomic E-state index is 0.160. The Bertz CT molecular complexity index is 732. The van der Waals surface area contributed by atoms with Crippen molar-refractivity contribution in [2.45, 2.75) is 0 Å². The van der Waals surface area contributed by atoms with E-state index in [1.807, 2.05) is 0 Å². The molecule has 1 aromatic carbocycles. The molecule has 0 aliphatic heterocycles. The van der Waals surface area contributed by atoms with E-state index in [4.69, 9.17) is 23.2 Å². The van der Waals surface area contributed by atoms with E-state index >= 15 is 0 Å². The molecule has 0 aliphatic carbocycles. The van der Waals surface area contributed by atoms with Crippen molar-refractivity contribution < 1.29 is 9.59 Å². The van der Waals surface area contributed by atoms with Gasteiger partial charge in [-0.25, -0.2) is 0 Å². The predicted octanol–water partition coefficient (Wildman–Crippen LogP) is 3.34. The number of aromatic nitrogens is 1. The average Bonchev–Trinajstić information content (AvgIpc) is 2.48. The molecule has 0 saturated carbocycles. The molecular formula is C15H13Cl2N3O2. The predicted molar refractivity (Wildman–Crippen MR) is 86.7 cm³/mol. The van der Waals surface area contributed by atoms with E-state index in [0.717, 1.165) is 0 Å². The normalized spacial score (nSPS) is 10.2. The van der Waals surface area contributed by atoms with E-state index in [2.05, 4.69) is 10.3 Å². The minimum Gasteiger partial charge on any atom is -0.345 e. The molecule has 0 fully saturated rings. The number of carbonyl (C=O) groups is 2. The molecule has 22 heavy (non-hydrogen) atoms. The van der Waals surface area contributed by atoms with E-state index in [1.165, 1.54) is 23.2 Å². The summed E-state index contributed by atoms with van der Waals surface area (Å²) in [6, 6.07) is 7.69. The van der Waals surface area contributed by atoms with Crippen molar-refractivity contribution in [1.82, 2.24) is 9.88 Å². The molecular weight excluding hydrogens is 325 g/mol. The molecule has 0 atom stereocenters. The lowest BCUT2D eigenvalue weighted by Gasteiger charge is -2.12. The van der Waals surface area contributed by atoms with Crippen LogP contribution >= 0.6 is 23.2 Å². The van der Waals surface area contributed by atoms with Crippen LogP contribution in [0.3, 0.4) is 0 Å². The van der Waals surface area contributed by atoms with E-state index < -0.39 is 5.91 Å². The highest BCUT2D eigenvalue weighted by atomic mass is 35.5. The largest absolute Gasteiger partial charge is 0.345 e. The second-order valence-electron chi connectivity index (χ2n) is 4.71. The first kappa shape index (κ1) is 16.3. The number of anilines is 1. The second kappa shape index (κ2) is 6.77. The highest BCUT2D eigenvalue weighted by molar-refractivity contribution is 6.34. The van der Waals surface area contributed by atoms with Crippen LogP contribution in [0, 0.1) is 0 Å². The molecule has 7 heteroatoms. The maximum atomic E-state index is 12.1. The Morgan fingerprint density at radius 3 is 2.50 bits per heavy atom. The Hall–Kier alpha value is -2.11. The third kappa shape index (κ3) is 3.75. The summed E-state index contributed by atoms with van der Waals surface area (Å²) < 4.78 is 0. The fourth-order valence-electron chi connectivity index (χ4n) is 1.73. The summed E-state index contributed by atoms with van der Waals surface area (Å²) in [5, 5.41) is 3.36. The summed E-state index contributed by atoms with van der Waals surface area (Å²) in [6.45, 7) is 0. The molecule has 0 spiro atoms. The van der Waals surface area contributed by atoms with Gasteiger partial charge in [0.05, 0.1) is 10.7 Å². The first-order chi connectivity index (χ1) is 10.4. The number of halogens is 2. The van der Waals surface area contributed by atoms with Gasteiger partial charge >= 0.3 is 0 Å². The van der Waals surface area contributed by atoms with Crippen molar-refractivity contribution in [3.05, 3.63) is 57.8 Å². The van der Waals surface area contributed by atoms with Gasteiger partial charge in [0, 0.05) is 30.9 Å². The van der Waals surface area contributed by atoms with E-state index in [1.54, 1.807) is 32.3 Å². The number of nitrogens with one attached hydrogen (secondary N) is 1. The molecule has 5 nitrogen and oxygen atoms in total. The number of rotatable bonds is 3. The number of hydrogen-bond acceptors (Lipinski definition) is 3. The third-order valence-corrected chi connectivity index (χ3v) is 3.39. The molecule has 0 radical (unpaired) electrons. The lowest BCUT2D eigenvalue weighted by Crippen LogP contribution is -2.22. The Labute approximate surface area is 137 Å². The molecule has 0 aliphatic rings. The van der Waals surface area contributed by atoms with Gasteiger partial charge in [-0.2, -0.15) is 0 Å². The summed E-state index contributed by atoms with van der Waals surface area (Å²) >= 11 is 11.9. The van der Waals surface area contributed by atoms with Crippen molar-refractivity contribution in [2.75, 3.05) is 19.4 Å². The highest BCUT2D eigenvalue weighted by Gasteiger charge is 2.14. The number of amides is 2. The summed E-state index contributed by atoms with van der Waals surface area (Å²) in [6.07, 6.45) is 1.44. The van der Waals surface area contributed by atoms with Crippen LogP contribution in [0.15, 0.2) is 36.5 Å². The molecule has 1 N–H and O–H groups in total. The van der Waals surface area contributed by atoms with Gasteiger partial charge in [-0.05, 0) is 30.3 Å². The number of carbonyl (C=O) groups excluding carboxylic acids is 2. The van der Waals surface area contributed by atoms with Crippen molar-refractivity contribution in [2.24, 2.45) is 0 Å². The van der Waals surface area contributed by atoms with Crippen molar-refractivity contribution in [3.63, 3.8) is 0 Å². The van der Waals surface area contributed by atoms with Crippen LogP contribution in [0.4, 0.5) is 5.69 Å². The van der Waals surface area contributed by atoms with Crippen molar-refractivity contribution >= 4 is 40.7 Å². The summed E-state index contributed by atoms with van der Waals surface area (Å²) in [4.78, 5) is 29.5. The molecule has 114 valence electrons. The molecule has 2 aromatic rings. The maximum absolute atomic E-state index is 12.1. The Morgan fingerprint density at radius 2 is 1.86 bits per heavy atom. The van der Waals surface area contributed by atoms with Gasteiger partial charge in [0.15, 0.2) is 0 Å². The van der Waals surface area contributed by atoms with Crippen LogP contribution in [0.25, 0.3) is 0 Å². The average molecular weight is 338 g/mol.